The van der Waals surface area contributed by atoms with Crippen LogP contribution in [-0.2, 0) is 23.1 Å². The summed E-state index contributed by atoms with van der Waals surface area (Å²) in [5, 5.41) is 4.79. The van der Waals surface area contributed by atoms with Crippen molar-refractivity contribution in [1.82, 2.24) is 20.5 Å². The number of aromatic nitrogens is 1. The second-order valence-electron chi connectivity index (χ2n) is 7.71. The molecule has 4 amide bonds. The predicted octanol–water partition coefficient (Wildman–Crippen LogP) is 2.55. The highest BCUT2D eigenvalue weighted by molar-refractivity contribution is 6.08. The fraction of sp³-hybridized carbons (Fsp3) is 0.238. The van der Waals surface area contributed by atoms with Crippen LogP contribution in [0.15, 0.2) is 40.9 Å². The number of carbonyl (C=O) groups is 3. The summed E-state index contributed by atoms with van der Waals surface area (Å²) < 4.78 is 49.8. The van der Waals surface area contributed by atoms with E-state index in [0.717, 1.165) is 6.20 Å². The molecule has 0 spiro atoms. The number of nitrogens with one attached hydrogen (secondary N) is 2. The molecule has 2 aliphatic heterocycles. The van der Waals surface area contributed by atoms with Crippen LogP contribution >= 0.6 is 0 Å². The van der Waals surface area contributed by atoms with Crippen LogP contribution in [0.5, 0.6) is 5.75 Å². The number of hydrogen-bond acceptors (Lipinski definition) is 6. The van der Waals surface area contributed by atoms with Crippen LogP contribution in [0.25, 0.3) is 11.0 Å². The quantitative estimate of drug-likeness (QED) is 0.579. The third-order valence-electron chi connectivity index (χ3n) is 5.68. The van der Waals surface area contributed by atoms with Gasteiger partial charge >= 0.3 is 12.2 Å². The molecule has 4 heterocycles. The molecule has 12 heteroatoms. The second kappa shape index (κ2) is 6.95. The molecule has 0 aliphatic carbocycles. The average Bonchev–Trinajstić information content (AvgIpc) is 3.41. The number of halogens is 3. The van der Waals surface area contributed by atoms with E-state index in [0.29, 0.717) is 22.9 Å². The maximum Gasteiger partial charge on any atom is 0.433 e. The molecule has 33 heavy (non-hydrogen) atoms. The Labute approximate surface area is 183 Å². The van der Waals surface area contributed by atoms with Gasteiger partial charge in [0.05, 0.1) is 13.7 Å². The van der Waals surface area contributed by atoms with Crippen LogP contribution in [0, 0.1) is 0 Å². The first-order chi connectivity index (χ1) is 15.6. The molecule has 2 aromatic heterocycles. The Hall–Kier alpha value is -4.09. The number of carbonyl (C=O) groups excluding carboxylic acids is 3. The van der Waals surface area contributed by atoms with Gasteiger partial charge in [-0.3, -0.25) is 19.9 Å². The number of benzene rings is 1. The molecule has 3 aromatic rings. The van der Waals surface area contributed by atoms with Crippen LogP contribution in [0.1, 0.15) is 27.4 Å². The van der Waals surface area contributed by atoms with E-state index >= 15 is 0 Å². The van der Waals surface area contributed by atoms with Crippen molar-refractivity contribution in [3.8, 4) is 5.75 Å². The SMILES string of the molecule is COc1ccc2c(c1)C(=O)N(C[C@@]1(c3cc4cnc(C(F)(F)F)cc4o3)NC(=O)NC1=O)C2. The molecule has 170 valence electrons. The lowest BCUT2D eigenvalue weighted by atomic mass is 9.95. The lowest BCUT2D eigenvalue weighted by molar-refractivity contribution is -0.141. The molecule has 1 aromatic carbocycles. The van der Waals surface area contributed by atoms with E-state index in [2.05, 4.69) is 15.6 Å². The van der Waals surface area contributed by atoms with Crippen molar-refractivity contribution >= 4 is 28.8 Å². The highest BCUT2D eigenvalue weighted by Gasteiger charge is 2.53. The molecular weight excluding hydrogens is 445 g/mol. The molecule has 0 saturated carbocycles. The fourth-order valence-corrected chi connectivity index (χ4v) is 4.03. The first-order valence-electron chi connectivity index (χ1n) is 9.68. The number of nitrogens with zero attached hydrogens (tertiary/aromatic N) is 2. The minimum atomic E-state index is -4.69. The monoisotopic (exact) mass is 460 g/mol. The first-order valence-corrected chi connectivity index (χ1v) is 9.68. The molecule has 9 nitrogen and oxygen atoms in total. The van der Waals surface area contributed by atoms with Crippen LogP contribution in [-0.4, -0.2) is 41.4 Å². The summed E-state index contributed by atoms with van der Waals surface area (Å²) in [7, 11) is 1.47. The maximum atomic E-state index is 13.0. The number of rotatable bonds is 4. The number of imide groups is 1. The number of amides is 4. The number of hydrogen-bond donors (Lipinski definition) is 2. The van der Waals surface area contributed by atoms with E-state index in [-0.39, 0.29) is 29.8 Å². The van der Waals surface area contributed by atoms with Crippen LogP contribution in [0.2, 0.25) is 0 Å². The Morgan fingerprint density at radius 3 is 2.67 bits per heavy atom. The smallest absolute Gasteiger partial charge is 0.433 e. The van der Waals surface area contributed by atoms with E-state index < -0.39 is 35.3 Å². The number of pyridine rings is 1. The van der Waals surface area contributed by atoms with Gasteiger partial charge in [-0.25, -0.2) is 4.79 Å². The van der Waals surface area contributed by atoms with Gasteiger partial charge in [0.1, 0.15) is 22.8 Å². The number of alkyl halides is 3. The van der Waals surface area contributed by atoms with Gasteiger partial charge in [0, 0.05) is 29.8 Å². The van der Waals surface area contributed by atoms with Gasteiger partial charge in [-0.1, -0.05) is 6.07 Å². The van der Waals surface area contributed by atoms with Crippen molar-refractivity contribution in [2.75, 3.05) is 13.7 Å². The van der Waals surface area contributed by atoms with Gasteiger partial charge in [0.25, 0.3) is 11.8 Å². The minimum absolute atomic E-state index is 0.122. The molecular formula is C21H15F3N4O5. The van der Waals surface area contributed by atoms with Crippen molar-refractivity contribution in [3.63, 3.8) is 0 Å². The Morgan fingerprint density at radius 2 is 2.00 bits per heavy atom. The number of methoxy groups -OCH3 is 1. The van der Waals surface area contributed by atoms with E-state index in [1.165, 1.54) is 18.1 Å². The molecule has 0 unspecified atom stereocenters. The summed E-state index contributed by atoms with van der Waals surface area (Å²) >= 11 is 0. The standard InChI is InChI=1S/C21H15F3N4O5/c1-32-12-3-2-10-8-28(17(29)13(10)5-12)9-20(18(30)26-19(31)27-20)16-4-11-7-25-15(21(22,23)24)6-14(11)33-16/h2-7H,8-9H2,1H3,(H2,26,27,30,31)/t20-/m0/s1. The molecule has 2 aliphatic rings. The number of ether oxygens (including phenoxy) is 1. The second-order valence-corrected chi connectivity index (χ2v) is 7.71. The van der Waals surface area contributed by atoms with Crippen molar-refractivity contribution in [2.24, 2.45) is 0 Å². The highest BCUT2D eigenvalue weighted by Crippen LogP contribution is 2.36. The zero-order valence-corrected chi connectivity index (χ0v) is 16.9. The average molecular weight is 460 g/mol. The first kappa shape index (κ1) is 20.8. The zero-order valence-electron chi connectivity index (χ0n) is 16.9. The van der Waals surface area contributed by atoms with Crippen LogP contribution < -0.4 is 15.4 Å². The van der Waals surface area contributed by atoms with E-state index in [1.54, 1.807) is 18.2 Å². The van der Waals surface area contributed by atoms with Gasteiger partial charge in [-0.05, 0) is 23.8 Å². The Kier molecular flexibility index (Phi) is 4.38. The molecule has 1 saturated heterocycles. The van der Waals surface area contributed by atoms with Crippen LogP contribution in [0.4, 0.5) is 18.0 Å². The minimum Gasteiger partial charge on any atom is -0.497 e. The van der Waals surface area contributed by atoms with Gasteiger partial charge in [-0.2, -0.15) is 13.2 Å². The van der Waals surface area contributed by atoms with Gasteiger partial charge in [-0.15, -0.1) is 0 Å². The van der Waals surface area contributed by atoms with Crippen molar-refractivity contribution < 1.29 is 36.7 Å². The Bertz CT molecular complexity index is 1340. The molecule has 5 rings (SSSR count). The van der Waals surface area contributed by atoms with Crippen molar-refractivity contribution in [1.29, 1.82) is 0 Å². The Balaban J connectivity index is 1.54. The van der Waals surface area contributed by atoms with E-state index in [9.17, 15) is 27.6 Å². The Morgan fingerprint density at radius 1 is 1.21 bits per heavy atom. The summed E-state index contributed by atoms with van der Waals surface area (Å²) in [5.41, 5.74) is -2.08. The zero-order chi connectivity index (χ0) is 23.5. The highest BCUT2D eigenvalue weighted by atomic mass is 19.4. The predicted molar refractivity (Wildman–Crippen MR) is 105 cm³/mol. The topological polar surface area (TPSA) is 114 Å². The largest absolute Gasteiger partial charge is 0.497 e. The number of urea groups is 1. The fourth-order valence-electron chi connectivity index (χ4n) is 4.03. The maximum absolute atomic E-state index is 13.0. The molecule has 1 atom stereocenters. The third-order valence-corrected chi connectivity index (χ3v) is 5.68. The molecule has 2 N–H and O–H groups in total. The number of furan rings is 1. The van der Waals surface area contributed by atoms with E-state index in [4.69, 9.17) is 9.15 Å². The normalized spacial score (nSPS) is 20.2. The van der Waals surface area contributed by atoms with Gasteiger partial charge in [0.15, 0.2) is 5.54 Å². The summed E-state index contributed by atoms with van der Waals surface area (Å²) in [4.78, 5) is 42.6. The molecule has 0 bridgehead atoms. The van der Waals surface area contributed by atoms with Crippen molar-refractivity contribution in [2.45, 2.75) is 18.3 Å². The summed E-state index contributed by atoms with van der Waals surface area (Å²) in [6.07, 6.45) is -3.72. The van der Waals surface area contributed by atoms with Crippen molar-refractivity contribution in [3.05, 3.63) is 59.1 Å². The van der Waals surface area contributed by atoms with Gasteiger partial charge in [0.2, 0.25) is 0 Å². The molecule has 0 radical (unpaired) electrons. The lowest BCUT2D eigenvalue weighted by Crippen LogP contribution is -2.52. The summed E-state index contributed by atoms with van der Waals surface area (Å²) in [5.74, 6) is -0.828. The van der Waals surface area contributed by atoms with Gasteiger partial charge < -0.3 is 19.4 Å². The van der Waals surface area contributed by atoms with E-state index in [1.807, 2.05) is 0 Å². The third kappa shape index (κ3) is 3.25. The lowest BCUT2D eigenvalue weighted by Gasteiger charge is -2.29. The summed E-state index contributed by atoms with van der Waals surface area (Å²) in [6, 6.07) is 6.20. The molecule has 1 fully saturated rings. The summed E-state index contributed by atoms with van der Waals surface area (Å²) in [6.45, 7) is -0.150. The number of fused-ring (bicyclic) bond motifs is 2. The van der Waals surface area contributed by atoms with Crippen LogP contribution in [0.3, 0.4) is 0 Å².